The monoisotopic (exact) mass is 368 g/mol. The van der Waals surface area contributed by atoms with Crippen molar-refractivity contribution in [3.63, 3.8) is 0 Å². The molecule has 0 fully saturated rings. The minimum atomic E-state index is 0.743. The Balaban J connectivity index is 2.49. The van der Waals surface area contributed by atoms with Gasteiger partial charge in [0.05, 0.1) is 9.26 Å². The third-order valence-corrected chi connectivity index (χ3v) is 3.80. The number of pyridine rings is 1. The first-order valence-corrected chi connectivity index (χ1v) is 7.54. The molecule has 0 aliphatic carbocycles. The molecule has 19 heavy (non-hydrogen) atoms. The van der Waals surface area contributed by atoms with Crippen LogP contribution in [-0.2, 0) is 6.42 Å². The topological polar surface area (TPSA) is 50.7 Å². The highest BCUT2D eigenvalue weighted by Crippen LogP contribution is 2.24. The van der Waals surface area contributed by atoms with Crippen molar-refractivity contribution in [2.45, 2.75) is 26.7 Å². The van der Waals surface area contributed by atoms with Crippen LogP contribution in [0.25, 0.3) is 11.4 Å². The molecular weight excluding hydrogens is 351 g/mol. The SMILES string of the molecule is CCCc1nc(-c2cccnc2)nc(NCC)c1I. The van der Waals surface area contributed by atoms with Gasteiger partial charge in [-0.25, -0.2) is 9.97 Å². The molecule has 4 nitrogen and oxygen atoms in total. The number of hydrogen-bond donors (Lipinski definition) is 1. The van der Waals surface area contributed by atoms with Crippen molar-refractivity contribution in [2.75, 3.05) is 11.9 Å². The van der Waals surface area contributed by atoms with Crippen molar-refractivity contribution < 1.29 is 0 Å². The second kappa shape index (κ2) is 6.79. The molecule has 2 rings (SSSR count). The number of aryl methyl sites for hydroxylation is 1. The molecule has 0 radical (unpaired) electrons. The van der Waals surface area contributed by atoms with Gasteiger partial charge < -0.3 is 5.32 Å². The maximum absolute atomic E-state index is 4.68. The first-order chi connectivity index (χ1) is 9.26. The van der Waals surface area contributed by atoms with E-state index in [0.29, 0.717) is 0 Å². The Hall–Kier alpha value is -1.24. The van der Waals surface area contributed by atoms with Crippen LogP contribution in [0.15, 0.2) is 24.5 Å². The molecule has 0 aliphatic rings. The van der Waals surface area contributed by atoms with Crippen LogP contribution in [0.4, 0.5) is 5.82 Å². The fourth-order valence-corrected chi connectivity index (χ4v) is 2.51. The van der Waals surface area contributed by atoms with E-state index in [-0.39, 0.29) is 0 Å². The van der Waals surface area contributed by atoms with Crippen molar-refractivity contribution in [3.8, 4) is 11.4 Å². The summed E-state index contributed by atoms with van der Waals surface area (Å²) >= 11 is 2.32. The molecule has 0 saturated heterocycles. The van der Waals surface area contributed by atoms with E-state index in [0.717, 1.165) is 45.9 Å². The highest BCUT2D eigenvalue weighted by Gasteiger charge is 2.12. The summed E-state index contributed by atoms with van der Waals surface area (Å²) in [6.45, 7) is 5.08. The van der Waals surface area contributed by atoms with Gasteiger partial charge in [-0.1, -0.05) is 13.3 Å². The summed E-state index contributed by atoms with van der Waals surface area (Å²) in [5, 5.41) is 3.31. The number of nitrogens with one attached hydrogen (secondary N) is 1. The predicted molar refractivity (Wildman–Crippen MR) is 86.1 cm³/mol. The Morgan fingerprint density at radius 1 is 1.26 bits per heavy atom. The molecule has 2 heterocycles. The molecule has 1 N–H and O–H groups in total. The summed E-state index contributed by atoms with van der Waals surface area (Å²) < 4.78 is 1.12. The Bertz CT molecular complexity index is 515. The third kappa shape index (κ3) is 3.40. The van der Waals surface area contributed by atoms with E-state index < -0.39 is 0 Å². The summed E-state index contributed by atoms with van der Waals surface area (Å²) in [6.07, 6.45) is 5.60. The molecule has 0 bridgehead atoms. The van der Waals surface area contributed by atoms with Crippen LogP contribution in [0.1, 0.15) is 26.0 Å². The Morgan fingerprint density at radius 3 is 2.74 bits per heavy atom. The highest BCUT2D eigenvalue weighted by atomic mass is 127. The van der Waals surface area contributed by atoms with Crippen molar-refractivity contribution >= 4 is 28.4 Å². The van der Waals surface area contributed by atoms with Gasteiger partial charge in [0.1, 0.15) is 5.82 Å². The van der Waals surface area contributed by atoms with Crippen LogP contribution in [0.5, 0.6) is 0 Å². The molecular formula is C14H17IN4. The zero-order valence-corrected chi connectivity index (χ0v) is 13.3. The summed E-state index contributed by atoms with van der Waals surface area (Å²) in [4.78, 5) is 13.4. The average molecular weight is 368 g/mol. The van der Waals surface area contributed by atoms with Crippen LogP contribution < -0.4 is 5.32 Å². The number of anilines is 1. The summed E-state index contributed by atoms with van der Waals surface area (Å²) in [5.41, 5.74) is 2.06. The van der Waals surface area contributed by atoms with Gasteiger partial charge in [-0.15, -0.1) is 0 Å². The molecule has 0 aromatic carbocycles. The minimum absolute atomic E-state index is 0.743. The molecule has 2 aromatic heterocycles. The predicted octanol–water partition coefficient (Wildman–Crippen LogP) is 3.53. The van der Waals surface area contributed by atoms with E-state index in [1.54, 1.807) is 12.4 Å². The van der Waals surface area contributed by atoms with Crippen molar-refractivity contribution in [2.24, 2.45) is 0 Å². The van der Waals surface area contributed by atoms with Crippen LogP contribution in [0, 0.1) is 3.57 Å². The lowest BCUT2D eigenvalue weighted by molar-refractivity contribution is 0.866. The lowest BCUT2D eigenvalue weighted by Crippen LogP contribution is -2.08. The molecule has 5 heteroatoms. The first kappa shape index (κ1) is 14.2. The zero-order chi connectivity index (χ0) is 13.7. The van der Waals surface area contributed by atoms with E-state index in [2.05, 4.69) is 56.7 Å². The fraction of sp³-hybridized carbons (Fsp3) is 0.357. The molecule has 0 unspecified atom stereocenters. The second-order valence-electron chi connectivity index (χ2n) is 4.18. The molecule has 2 aromatic rings. The van der Waals surface area contributed by atoms with Crippen molar-refractivity contribution in [3.05, 3.63) is 33.8 Å². The molecule has 100 valence electrons. The lowest BCUT2D eigenvalue weighted by Gasteiger charge is -2.11. The quantitative estimate of drug-likeness (QED) is 0.821. The Kier molecular flexibility index (Phi) is 5.07. The smallest absolute Gasteiger partial charge is 0.163 e. The molecule has 0 amide bonds. The largest absolute Gasteiger partial charge is 0.369 e. The molecule has 0 aliphatic heterocycles. The molecule has 0 saturated carbocycles. The van der Waals surface area contributed by atoms with E-state index in [9.17, 15) is 0 Å². The number of rotatable bonds is 5. The molecule has 0 spiro atoms. The van der Waals surface area contributed by atoms with Gasteiger partial charge in [0.2, 0.25) is 0 Å². The summed E-state index contributed by atoms with van der Waals surface area (Å²) in [6, 6.07) is 3.89. The van der Waals surface area contributed by atoms with Gasteiger partial charge in [0, 0.05) is 24.5 Å². The van der Waals surface area contributed by atoms with Gasteiger partial charge in [0.15, 0.2) is 5.82 Å². The van der Waals surface area contributed by atoms with Crippen LogP contribution in [-0.4, -0.2) is 21.5 Å². The first-order valence-electron chi connectivity index (χ1n) is 6.47. The average Bonchev–Trinajstić information content (AvgIpc) is 2.44. The van der Waals surface area contributed by atoms with Crippen LogP contribution in [0.2, 0.25) is 0 Å². The lowest BCUT2D eigenvalue weighted by atomic mass is 10.2. The summed E-state index contributed by atoms with van der Waals surface area (Å²) in [7, 11) is 0. The number of hydrogen-bond acceptors (Lipinski definition) is 4. The zero-order valence-electron chi connectivity index (χ0n) is 11.2. The maximum atomic E-state index is 4.68. The van der Waals surface area contributed by atoms with Gasteiger partial charge in [-0.05, 0) is 48.1 Å². The maximum Gasteiger partial charge on any atom is 0.163 e. The summed E-state index contributed by atoms with van der Waals surface area (Å²) in [5.74, 6) is 1.66. The standard InChI is InChI=1S/C14H17IN4/c1-3-6-11-12(15)14(17-4-2)19-13(18-11)10-7-5-8-16-9-10/h5,7-9H,3-4,6H2,1-2H3,(H,17,18,19). The van der Waals surface area contributed by atoms with E-state index >= 15 is 0 Å². The van der Waals surface area contributed by atoms with Crippen LogP contribution in [0.3, 0.4) is 0 Å². The van der Waals surface area contributed by atoms with E-state index in [4.69, 9.17) is 0 Å². The van der Waals surface area contributed by atoms with Gasteiger partial charge in [-0.2, -0.15) is 0 Å². The number of nitrogens with zero attached hydrogens (tertiary/aromatic N) is 3. The number of aromatic nitrogens is 3. The van der Waals surface area contributed by atoms with Crippen LogP contribution >= 0.6 is 22.6 Å². The van der Waals surface area contributed by atoms with Gasteiger partial charge in [0.25, 0.3) is 0 Å². The second-order valence-corrected chi connectivity index (χ2v) is 5.26. The minimum Gasteiger partial charge on any atom is -0.369 e. The van der Waals surface area contributed by atoms with Crippen molar-refractivity contribution in [1.82, 2.24) is 15.0 Å². The molecule has 0 atom stereocenters. The normalized spacial score (nSPS) is 10.5. The van der Waals surface area contributed by atoms with Crippen molar-refractivity contribution in [1.29, 1.82) is 0 Å². The Morgan fingerprint density at radius 2 is 2.11 bits per heavy atom. The van der Waals surface area contributed by atoms with Gasteiger partial charge in [-0.3, -0.25) is 4.98 Å². The van der Waals surface area contributed by atoms with E-state index in [1.807, 2.05) is 12.1 Å². The highest BCUT2D eigenvalue weighted by molar-refractivity contribution is 14.1. The third-order valence-electron chi connectivity index (χ3n) is 2.67. The van der Waals surface area contributed by atoms with Gasteiger partial charge >= 0.3 is 0 Å². The van der Waals surface area contributed by atoms with E-state index in [1.165, 1.54) is 0 Å². The fourth-order valence-electron chi connectivity index (χ4n) is 1.80. The Labute approximate surface area is 127 Å². The number of halogens is 1.